The Bertz CT molecular complexity index is 783. The van der Waals surface area contributed by atoms with Gasteiger partial charge in [-0.05, 0) is 62.8 Å². The number of H-pyrrole nitrogens is 1. The van der Waals surface area contributed by atoms with Gasteiger partial charge in [0.2, 0.25) is 0 Å². The lowest BCUT2D eigenvalue weighted by Crippen LogP contribution is -2.38. The molecule has 0 bridgehead atoms. The van der Waals surface area contributed by atoms with Gasteiger partial charge in [-0.25, -0.2) is 8.78 Å². The summed E-state index contributed by atoms with van der Waals surface area (Å²) in [6, 6.07) is 3.60. The number of benzene rings is 1. The largest absolute Gasteiger partial charge is 0.302 e. The van der Waals surface area contributed by atoms with Crippen LogP contribution in [-0.2, 0) is 0 Å². The molecule has 1 N–H and O–H groups in total. The fraction of sp³-hybridized carbons (Fsp3) is 0.476. The summed E-state index contributed by atoms with van der Waals surface area (Å²) in [5, 5.41) is 7.21. The van der Waals surface area contributed by atoms with E-state index < -0.39 is 11.6 Å². The minimum absolute atomic E-state index is 0.281. The number of likely N-dealkylation sites (tertiary alicyclic amines) is 1. The zero-order valence-electron chi connectivity index (χ0n) is 14.9. The molecule has 0 unspecified atom stereocenters. The Morgan fingerprint density at radius 2 is 2.08 bits per heavy atom. The van der Waals surface area contributed by atoms with Crippen LogP contribution in [0.1, 0.15) is 43.7 Å². The number of rotatable bonds is 4. The van der Waals surface area contributed by atoms with Gasteiger partial charge >= 0.3 is 0 Å². The molecular formula is C21H25F2N3. The van der Waals surface area contributed by atoms with Crippen LogP contribution in [0.15, 0.2) is 36.5 Å². The van der Waals surface area contributed by atoms with E-state index in [0.717, 1.165) is 50.2 Å². The minimum Gasteiger partial charge on any atom is -0.302 e. The molecule has 5 heteroatoms. The van der Waals surface area contributed by atoms with Gasteiger partial charge in [-0.3, -0.25) is 5.10 Å². The molecular weight excluding hydrogens is 332 g/mol. The zero-order chi connectivity index (χ0) is 17.9. The third kappa shape index (κ3) is 3.73. The zero-order valence-corrected chi connectivity index (χ0v) is 14.9. The van der Waals surface area contributed by atoms with Gasteiger partial charge in [0.05, 0.1) is 6.20 Å². The van der Waals surface area contributed by atoms with Crippen molar-refractivity contribution in [2.24, 2.45) is 5.92 Å². The van der Waals surface area contributed by atoms with Crippen molar-refractivity contribution in [2.45, 2.75) is 38.0 Å². The molecule has 2 atom stereocenters. The summed E-state index contributed by atoms with van der Waals surface area (Å²) in [6.07, 6.45) is 12.0. The fourth-order valence-electron chi connectivity index (χ4n) is 4.37. The van der Waals surface area contributed by atoms with Crippen molar-refractivity contribution in [3.05, 3.63) is 53.9 Å². The van der Waals surface area contributed by atoms with Crippen molar-refractivity contribution in [3.8, 4) is 11.1 Å². The molecule has 1 aliphatic carbocycles. The molecule has 0 saturated carbocycles. The summed E-state index contributed by atoms with van der Waals surface area (Å²) in [5.41, 5.74) is 1.92. The van der Waals surface area contributed by atoms with E-state index in [4.69, 9.17) is 0 Å². The number of aromatic nitrogens is 2. The maximum Gasteiger partial charge on any atom is 0.131 e. The van der Waals surface area contributed by atoms with Crippen molar-refractivity contribution < 1.29 is 8.78 Å². The summed E-state index contributed by atoms with van der Waals surface area (Å²) >= 11 is 0. The van der Waals surface area contributed by atoms with E-state index >= 15 is 0 Å². The van der Waals surface area contributed by atoms with Gasteiger partial charge in [0.1, 0.15) is 11.6 Å². The highest BCUT2D eigenvalue weighted by molar-refractivity contribution is 5.66. The van der Waals surface area contributed by atoms with Gasteiger partial charge in [-0.2, -0.15) is 5.10 Å². The molecule has 2 aromatic rings. The molecule has 138 valence electrons. The molecule has 4 rings (SSSR count). The molecule has 0 spiro atoms. The lowest BCUT2D eigenvalue weighted by atomic mass is 9.88. The summed E-state index contributed by atoms with van der Waals surface area (Å²) < 4.78 is 27.9. The summed E-state index contributed by atoms with van der Waals surface area (Å²) in [5.74, 6) is 0.184. The van der Waals surface area contributed by atoms with Crippen LogP contribution in [-0.4, -0.2) is 34.7 Å². The first-order valence-electron chi connectivity index (χ1n) is 9.56. The predicted molar refractivity (Wildman–Crippen MR) is 98.8 cm³/mol. The number of hydrogen-bond donors (Lipinski definition) is 1. The third-order valence-corrected chi connectivity index (χ3v) is 5.70. The monoisotopic (exact) mass is 357 g/mol. The van der Waals surface area contributed by atoms with Crippen LogP contribution in [0.3, 0.4) is 0 Å². The van der Waals surface area contributed by atoms with Crippen molar-refractivity contribution in [3.63, 3.8) is 0 Å². The molecule has 26 heavy (non-hydrogen) atoms. The number of hydrogen-bond acceptors (Lipinski definition) is 2. The summed E-state index contributed by atoms with van der Waals surface area (Å²) in [7, 11) is 0. The van der Waals surface area contributed by atoms with E-state index in [9.17, 15) is 8.78 Å². The Morgan fingerprint density at radius 1 is 1.15 bits per heavy atom. The van der Waals surface area contributed by atoms with Gasteiger partial charge < -0.3 is 4.90 Å². The number of piperidine rings is 1. The Hall–Kier alpha value is -2.01. The topological polar surface area (TPSA) is 31.9 Å². The van der Waals surface area contributed by atoms with Crippen LogP contribution in [0.2, 0.25) is 0 Å². The molecule has 2 heterocycles. The molecule has 2 aliphatic rings. The Balaban J connectivity index is 1.52. The number of nitrogens with one attached hydrogen (secondary N) is 1. The Kier molecular flexibility index (Phi) is 5.16. The molecule has 1 aliphatic heterocycles. The first-order valence-corrected chi connectivity index (χ1v) is 9.56. The van der Waals surface area contributed by atoms with Crippen LogP contribution < -0.4 is 0 Å². The van der Waals surface area contributed by atoms with Gasteiger partial charge in [0, 0.05) is 35.8 Å². The van der Waals surface area contributed by atoms with Crippen LogP contribution in [0.4, 0.5) is 8.78 Å². The maximum absolute atomic E-state index is 14.2. The third-order valence-electron chi connectivity index (χ3n) is 5.70. The molecule has 1 aromatic carbocycles. The minimum atomic E-state index is -0.427. The van der Waals surface area contributed by atoms with Crippen molar-refractivity contribution in [2.75, 3.05) is 19.6 Å². The highest BCUT2D eigenvalue weighted by Gasteiger charge is 2.27. The number of nitrogens with zero attached hydrogens (tertiary/aromatic N) is 2. The maximum atomic E-state index is 14.2. The fourth-order valence-corrected chi connectivity index (χ4v) is 4.37. The van der Waals surface area contributed by atoms with Crippen molar-refractivity contribution in [1.82, 2.24) is 15.1 Å². The molecule has 3 nitrogen and oxygen atoms in total. The number of allylic oxidation sites excluding steroid dienone is 2. The average Bonchev–Trinajstić information content (AvgIpc) is 3.14. The van der Waals surface area contributed by atoms with E-state index in [1.165, 1.54) is 31.4 Å². The van der Waals surface area contributed by atoms with Gasteiger partial charge in [-0.1, -0.05) is 12.2 Å². The second-order valence-electron chi connectivity index (χ2n) is 7.57. The van der Waals surface area contributed by atoms with Crippen LogP contribution in [0.25, 0.3) is 11.1 Å². The van der Waals surface area contributed by atoms with Crippen molar-refractivity contribution in [1.29, 1.82) is 0 Å². The van der Waals surface area contributed by atoms with Gasteiger partial charge in [0.25, 0.3) is 0 Å². The van der Waals surface area contributed by atoms with Crippen LogP contribution >= 0.6 is 0 Å². The molecule has 1 saturated heterocycles. The quantitative estimate of drug-likeness (QED) is 0.790. The number of halogens is 2. The highest BCUT2D eigenvalue weighted by atomic mass is 19.1. The SMILES string of the molecule is Fc1ccc(F)c(-c2cn[nH]c2[C@H]2CCCN(C[C@H]3CC=CCC3)C2)c1. The first-order chi connectivity index (χ1) is 12.7. The molecule has 1 fully saturated rings. The van der Waals surface area contributed by atoms with Crippen molar-refractivity contribution >= 4 is 0 Å². The van der Waals surface area contributed by atoms with E-state index in [-0.39, 0.29) is 5.92 Å². The summed E-state index contributed by atoms with van der Waals surface area (Å²) in [6.45, 7) is 3.19. The molecule has 0 amide bonds. The van der Waals surface area contributed by atoms with E-state index in [2.05, 4.69) is 27.2 Å². The standard InChI is InChI=1S/C21H25F2N3/c22-17-8-9-20(23)18(11-17)19-12-24-25-21(19)16-7-4-10-26(14-16)13-15-5-2-1-3-6-15/h1-2,8-9,11-12,15-16H,3-7,10,13-14H2,(H,24,25)/t15-,16-/m0/s1. The highest BCUT2D eigenvalue weighted by Crippen LogP contribution is 2.35. The van der Waals surface area contributed by atoms with E-state index in [1.807, 2.05) is 0 Å². The van der Waals surface area contributed by atoms with Gasteiger partial charge in [0.15, 0.2) is 0 Å². The number of aromatic amines is 1. The van der Waals surface area contributed by atoms with E-state index in [0.29, 0.717) is 11.1 Å². The molecule has 0 radical (unpaired) electrons. The second kappa shape index (κ2) is 7.70. The second-order valence-corrected chi connectivity index (χ2v) is 7.57. The molecule has 1 aromatic heterocycles. The van der Waals surface area contributed by atoms with E-state index in [1.54, 1.807) is 6.20 Å². The summed E-state index contributed by atoms with van der Waals surface area (Å²) in [4.78, 5) is 2.53. The van der Waals surface area contributed by atoms with Crippen LogP contribution in [0, 0.1) is 17.6 Å². The Labute approximate surface area is 153 Å². The smallest absolute Gasteiger partial charge is 0.131 e. The Morgan fingerprint density at radius 3 is 2.92 bits per heavy atom. The lowest BCUT2D eigenvalue weighted by molar-refractivity contribution is 0.173. The first kappa shape index (κ1) is 17.4. The van der Waals surface area contributed by atoms with Crippen LogP contribution in [0.5, 0.6) is 0 Å². The van der Waals surface area contributed by atoms with Gasteiger partial charge in [-0.15, -0.1) is 0 Å². The average molecular weight is 357 g/mol. The lowest BCUT2D eigenvalue weighted by Gasteiger charge is -2.35. The normalized spacial score (nSPS) is 24.1. The predicted octanol–water partition coefficient (Wildman–Crippen LogP) is 4.89.